The lowest BCUT2D eigenvalue weighted by atomic mass is 9.90. The Balaban J connectivity index is 1.28. The van der Waals surface area contributed by atoms with E-state index < -0.39 is 23.5 Å². The van der Waals surface area contributed by atoms with Gasteiger partial charge in [0.1, 0.15) is 6.10 Å². The number of para-hydroxylation sites is 1. The van der Waals surface area contributed by atoms with Crippen LogP contribution in [0.5, 0.6) is 5.88 Å². The molecule has 3 heterocycles. The molecule has 1 N–H and O–H groups in total. The van der Waals surface area contributed by atoms with Crippen molar-refractivity contribution in [2.45, 2.75) is 69.9 Å². The zero-order chi connectivity index (χ0) is 29.1. The molecule has 5 atom stereocenters. The Kier molecular flexibility index (Phi) is 8.09. The number of rotatable bonds is 5. The number of benzene rings is 2. The van der Waals surface area contributed by atoms with Gasteiger partial charge in [-0.15, -0.1) is 0 Å². The third-order valence-electron chi connectivity index (χ3n) is 9.29. The van der Waals surface area contributed by atoms with Gasteiger partial charge < -0.3 is 14.7 Å². The van der Waals surface area contributed by atoms with Crippen molar-refractivity contribution in [1.82, 2.24) is 9.88 Å². The third kappa shape index (κ3) is 5.96. The van der Waals surface area contributed by atoms with Crippen LogP contribution in [0.1, 0.15) is 56.9 Å². The van der Waals surface area contributed by atoms with E-state index in [1.165, 1.54) is 0 Å². The van der Waals surface area contributed by atoms with E-state index in [0.717, 1.165) is 48.6 Å². The first kappa shape index (κ1) is 28.1. The second kappa shape index (κ2) is 12.1. The van der Waals surface area contributed by atoms with Crippen LogP contribution >= 0.6 is 0 Å². The molecular weight excluding hydrogens is 528 g/mol. The highest BCUT2D eigenvalue weighted by atomic mass is 16.5. The van der Waals surface area contributed by atoms with E-state index in [4.69, 9.17) is 4.74 Å². The minimum absolute atomic E-state index is 0.0421. The van der Waals surface area contributed by atoms with E-state index in [0.29, 0.717) is 25.1 Å². The molecule has 0 radical (unpaired) electrons. The second-order valence-corrected chi connectivity index (χ2v) is 12.2. The fourth-order valence-corrected chi connectivity index (χ4v) is 6.79. The topological polar surface area (TPSA) is 96.8 Å². The predicted molar refractivity (Wildman–Crippen MR) is 160 cm³/mol. The first-order valence-corrected chi connectivity index (χ1v) is 15.2. The number of nitrogens with zero attached hydrogens (tertiary/aromatic N) is 2. The first-order valence-electron chi connectivity index (χ1n) is 15.2. The summed E-state index contributed by atoms with van der Waals surface area (Å²) in [6, 6.07) is 20.9. The predicted octanol–water partition coefficient (Wildman–Crippen LogP) is 6.01. The lowest BCUT2D eigenvalue weighted by Gasteiger charge is -2.29. The van der Waals surface area contributed by atoms with Crippen LogP contribution in [0, 0.1) is 17.3 Å². The van der Waals surface area contributed by atoms with Crippen molar-refractivity contribution in [3.8, 4) is 5.88 Å². The fraction of sp³-hybridized carbons (Fsp3) is 0.429. The smallest absolute Gasteiger partial charge is 0.310 e. The zero-order valence-electron chi connectivity index (χ0n) is 23.9. The van der Waals surface area contributed by atoms with E-state index in [9.17, 15) is 19.5 Å². The number of aromatic nitrogens is 1. The fourth-order valence-electron chi connectivity index (χ4n) is 6.79. The van der Waals surface area contributed by atoms with E-state index in [2.05, 4.69) is 11.1 Å². The summed E-state index contributed by atoms with van der Waals surface area (Å²) < 4.78 is 6.30. The summed E-state index contributed by atoms with van der Waals surface area (Å²) in [5.74, 6) is -1.11. The maximum Gasteiger partial charge on any atom is 0.310 e. The van der Waals surface area contributed by atoms with Crippen molar-refractivity contribution < 1.29 is 24.2 Å². The Morgan fingerprint density at radius 1 is 1.00 bits per heavy atom. The Hall–Kier alpha value is -4.00. The Morgan fingerprint density at radius 3 is 2.64 bits per heavy atom. The number of amides is 1. The summed E-state index contributed by atoms with van der Waals surface area (Å²) in [5.41, 5.74) is 0.830. The molecule has 1 aliphatic carbocycles. The van der Waals surface area contributed by atoms with Crippen molar-refractivity contribution in [3.05, 3.63) is 84.4 Å². The van der Waals surface area contributed by atoms with Gasteiger partial charge in [0.05, 0.1) is 23.5 Å². The average Bonchev–Trinajstić information content (AvgIpc) is 3.53. The van der Waals surface area contributed by atoms with E-state index in [1.54, 1.807) is 4.90 Å². The Morgan fingerprint density at radius 2 is 1.81 bits per heavy atom. The number of carboxylic acid groups (broad SMARTS) is 1. The number of ether oxygens (including phenoxy) is 1. The second-order valence-electron chi connectivity index (χ2n) is 12.2. The highest BCUT2D eigenvalue weighted by Gasteiger charge is 2.61. The number of carbonyl (C=O) groups is 3. The zero-order valence-corrected chi connectivity index (χ0v) is 23.9. The van der Waals surface area contributed by atoms with Gasteiger partial charge in [0.25, 0.3) is 0 Å². The van der Waals surface area contributed by atoms with Gasteiger partial charge in [0.15, 0.2) is 5.78 Å². The van der Waals surface area contributed by atoms with Gasteiger partial charge in [-0.3, -0.25) is 14.4 Å². The molecule has 218 valence electrons. The van der Waals surface area contributed by atoms with E-state index in [1.807, 2.05) is 72.8 Å². The van der Waals surface area contributed by atoms with Gasteiger partial charge in [-0.1, -0.05) is 73.5 Å². The molecule has 1 amide bonds. The van der Waals surface area contributed by atoms with E-state index >= 15 is 0 Å². The molecule has 3 aromatic rings. The quantitative estimate of drug-likeness (QED) is 0.380. The van der Waals surface area contributed by atoms with Crippen LogP contribution in [0.2, 0.25) is 0 Å². The number of carboxylic acids is 1. The molecule has 2 fully saturated rings. The number of carbonyl (C=O) groups excluding carboxylic acids is 2. The SMILES string of the molecule is O=C1C[C@]2(C(=O)O)C[C@@H]2/C=C\CCCCC[C@H](Cc2ccccc2)C(=O)N2C[C@H](Oc3ccc4ccccc4n3)C[C@@H]12. The molecule has 0 unspecified atom stereocenters. The summed E-state index contributed by atoms with van der Waals surface area (Å²) in [6.07, 6.45) is 9.53. The number of ketones is 1. The summed E-state index contributed by atoms with van der Waals surface area (Å²) in [4.78, 5) is 46.9. The number of hydrogen-bond donors (Lipinski definition) is 1. The lowest BCUT2D eigenvalue weighted by molar-refractivity contribution is -0.147. The van der Waals surface area contributed by atoms with Gasteiger partial charge in [-0.2, -0.15) is 0 Å². The van der Waals surface area contributed by atoms with Gasteiger partial charge in [-0.05, 0) is 55.7 Å². The first-order chi connectivity index (χ1) is 20.4. The van der Waals surface area contributed by atoms with Crippen LogP contribution in [-0.2, 0) is 20.8 Å². The largest absolute Gasteiger partial charge is 0.481 e. The number of pyridine rings is 1. The number of fused-ring (bicyclic) bond motifs is 3. The normalized spacial score (nSPS) is 29.2. The van der Waals surface area contributed by atoms with Crippen LogP contribution in [0.3, 0.4) is 0 Å². The molecule has 0 spiro atoms. The van der Waals surface area contributed by atoms with Crippen molar-refractivity contribution in [2.75, 3.05) is 6.54 Å². The van der Waals surface area contributed by atoms with Crippen LogP contribution < -0.4 is 4.74 Å². The van der Waals surface area contributed by atoms with Crippen molar-refractivity contribution in [2.24, 2.45) is 17.3 Å². The summed E-state index contributed by atoms with van der Waals surface area (Å²) in [5, 5.41) is 11.1. The molecule has 1 saturated carbocycles. The minimum atomic E-state index is -1.08. The number of hydrogen-bond acceptors (Lipinski definition) is 5. The van der Waals surface area contributed by atoms with Gasteiger partial charge in [0, 0.05) is 30.2 Å². The van der Waals surface area contributed by atoms with E-state index in [-0.39, 0.29) is 36.5 Å². The van der Waals surface area contributed by atoms with Gasteiger partial charge in [0.2, 0.25) is 11.8 Å². The molecule has 2 aromatic carbocycles. The van der Waals surface area contributed by atoms with Crippen LogP contribution in [0.25, 0.3) is 10.9 Å². The monoisotopic (exact) mass is 566 g/mol. The molecule has 7 heteroatoms. The molecule has 0 bridgehead atoms. The van der Waals surface area contributed by atoms with Crippen molar-refractivity contribution in [3.63, 3.8) is 0 Å². The number of Topliss-reactive ketones (excluding diaryl/α,β-unsaturated/α-hetero) is 1. The molecule has 6 rings (SSSR count). The van der Waals surface area contributed by atoms with Crippen LogP contribution in [0.15, 0.2) is 78.9 Å². The van der Waals surface area contributed by atoms with Gasteiger partial charge in [-0.25, -0.2) is 4.98 Å². The Labute approximate surface area is 246 Å². The molecule has 1 saturated heterocycles. The summed E-state index contributed by atoms with van der Waals surface area (Å²) >= 11 is 0. The van der Waals surface area contributed by atoms with Crippen molar-refractivity contribution in [1.29, 1.82) is 0 Å². The molecule has 3 aliphatic rings. The van der Waals surface area contributed by atoms with Crippen LogP contribution in [-0.4, -0.2) is 51.3 Å². The molecule has 2 aliphatic heterocycles. The average molecular weight is 567 g/mol. The molecule has 7 nitrogen and oxygen atoms in total. The summed E-state index contributed by atoms with van der Waals surface area (Å²) in [7, 11) is 0. The minimum Gasteiger partial charge on any atom is -0.481 e. The number of allylic oxidation sites excluding steroid dienone is 2. The highest BCUT2D eigenvalue weighted by Crippen LogP contribution is 2.57. The molecule has 1 aromatic heterocycles. The van der Waals surface area contributed by atoms with Crippen molar-refractivity contribution >= 4 is 28.6 Å². The summed E-state index contributed by atoms with van der Waals surface area (Å²) in [6.45, 7) is 0.276. The third-order valence-corrected chi connectivity index (χ3v) is 9.29. The number of aliphatic carboxylic acids is 1. The molecule has 42 heavy (non-hydrogen) atoms. The lowest BCUT2D eigenvalue weighted by Crippen LogP contribution is -2.45. The van der Waals surface area contributed by atoms with Crippen LogP contribution in [0.4, 0.5) is 0 Å². The molecular formula is C35H38N2O5. The standard InChI is InChI=1S/C35H38N2O5/c38-31-22-35(34(40)41)21-27(35)15-8-3-1-2-7-14-26(19-24-11-5-4-6-12-24)33(39)37-23-28(20-30(31)37)42-32-18-17-25-13-9-10-16-29(25)36-32/h4-6,8-13,15-18,26-28,30H,1-3,7,14,19-23H2,(H,40,41)/b15-8-/t26-,27+,28-,30+,35-/m1/s1. The van der Waals surface area contributed by atoms with Gasteiger partial charge >= 0.3 is 5.97 Å². The maximum absolute atomic E-state index is 14.3. The Bertz CT molecular complexity index is 1490. The highest BCUT2D eigenvalue weighted by molar-refractivity contribution is 5.95. The maximum atomic E-state index is 14.3.